The van der Waals surface area contributed by atoms with Crippen LogP contribution < -0.4 is 5.32 Å². The molecule has 1 aliphatic heterocycles. The largest absolute Gasteiger partial charge is 0.393 e. The van der Waals surface area contributed by atoms with Crippen LogP contribution in [0.25, 0.3) is 0 Å². The molecule has 1 aromatic carbocycles. The molecule has 112 valence electrons. The molecule has 1 saturated heterocycles. The number of anilines is 1. The monoisotopic (exact) mass is 290 g/mol. The predicted octanol–water partition coefficient (Wildman–Crippen LogP) is 3.51. The maximum Gasteiger partial charge on any atom is 0.393 e. The topological polar surface area (TPSA) is 15.3 Å². The Morgan fingerprint density at radius 2 is 2.10 bits per heavy atom. The standard InChI is InChI=1S/C14H18F4N2/c15-12-4-1-5-13(9-12)19-6-8-20-7-2-3-11(10-20)14(16,17)18/h1,4-5,9,11,19H,2-3,6-8,10H2. The van der Waals surface area contributed by atoms with Gasteiger partial charge < -0.3 is 10.2 Å². The molecule has 1 unspecified atom stereocenters. The van der Waals surface area contributed by atoms with Gasteiger partial charge in [0.25, 0.3) is 0 Å². The number of piperidine rings is 1. The lowest BCUT2D eigenvalue weighted by molar-refractivity contribution is -0.186. The molecule has 1 atom stereocenters. The summed E-state index contributed by atoms with van der Waals surface area (Å²) in [7, 11) is 0. The van der Waals surface area contributed by atoms with E-state index in [1.165, 1.54) is 12.1 Å². The van der Waals surface area contributed by atoms with Crippen LogP contribution in [0.1, 0.15) is 12.8 Å². The number of likely N-dealkylation sites (tertiary alicyclic amines) is 1. The normalized spacial score (nSPS) is 20.9. The molecular weight excluding hydrogens is 272 g/mol. The van der Waals surface area contributed by atoms with Gasteiger partial charge in [-0.1, -0.05) is 6.07 Å². The van der Waals surface area contributed by atoms with Gasteiger partial charge in [0.2, 0.25) is 0 Å². The van der Waals surface area contributed by atoms with Crippen LogP contribution in [-0.4, -0.2) is 37.3 Å². The molecule has 0 aromatic heterocycles. The van der Waals surface area contributed by atoms with E-state index >= 15 is 0 Å². The van der Waals surface area contributed by atoms with Crippen molar-refractivity contribution in [1.29, 1.82) is 0 Å². The summed E-state index contributed by atoms with van der Waals surface area (Å²) in [6.07, 6.45) is -3.31. The van der Waals surface area contributed by atoms with Gasteiger partial charge >= 0.3 is 6.18 Å². The lowest BCUT2D eigenvalue weighted by Gasteiger charge is -2.33. The molecule has 20 heavy (non-hydrogen) atoms. The number of alkyl halides is 3. The Kier molecular flexibility index (Phi) is 4.86. The second-order valence-electron chi connectivity index (χ2n) is 5.12. The highest BCUT2D eigenvalue weighted by atomic mass is 19.4. The summed E-state index contributed by atoms with van der Waals surface area (Å²) in [6, 6.07) is 6.05. The van der Waals surface area contributed by atoms with Gasteiger partial charge in [-0.2, -0.15) is 13.2 Å². The third-order valence-electron chi connectivity index (χ3n) is 3.55. The van der Waals surface area contributed by atoms with Crippen LogP contribution in [0.2, 0.25) is 0 Å². The van der Waals surface area contributed by atoms with E-state index in [2.05, 4.69) is 5.32 Å². The molecule has 0 spiro atoms. The zero-order valence-corrected chi connectivity index (χ0v) is 11.1. The van der Waals surface area contributed by atoms with Crippen LogP contribution in [0, 0.1) is 11.7 Å². The Hall–Kier alpha value is -1.30. The van der Waals surface area contributed by atoms with Crippen LogP contribution in [0.3, 0.4) is 0 Å². The summed E-state index contributed by atoms with van der Waals surface area (Å²) in [4.78, 5) is 1.81. The van der Waals surface area contributed by atoms with Crippen LogP contribution in [0.15, 0.2) is 24.3 Å². The second kappa shape index (κ2) is 6.43. The van der Waals surface area contributed by atoms with Crippen molar-refractivity contribution in [3.05, 3.63) is 30.1 Å². The van der Waals surface area contributed by atoms with Crippen molar-refractivity contribution in [3.63, 3.8) is 0 Å². The highest BCUT2D eigenvalue weighted by Gasteiger charge is 2.41. The van der Waals surface area contributed by atoms with Crippen molar-refractivity contribution in [2.75, 3.05) is 31.5 Å². The van der Waals surface area contributed by atoms with Crippen molar-refractivity contribution in [2.24, 2.45) is 5.92 Å². The third-order valence-corrected chi connectivity index (χ3v) is 3.55. The fourth-order valence-electron chi connectivity index (χ4n) is 2.48. The predicted molar refractivity (Wildman–Crippen MR) is 70.1 cm³/mol. The van der Waals surface area contributed by atoms with Crippen LogP contribution >= 0.6 is 0 Å². The van der Waals surface area contributed by atoms with Gasteiger partial charge in [-0.05, 0) is 37.6 Å². The van der Waals surface area contributed by atoms with E-state index in [4.69, 9.17) is 0 Å². The lowest BCUT2D eigenvalue weighted by atomic mass is 9.97. The molecule has 1 heterocycles. The number of nitrogens with zero attached hydrogens (tertiary/aromatic N) is 1. The average Bonchev–Trinajstić information content (AvgIpc) is 2.38. The summed E-state index contributed by atoms with van der Waals surface area (Å²) in [5, 5.41) is 3.02. The quantitative estimate of drug-likeness (QED) is 0.854. The highest BCUT2D eigenvalue weighted by molar-refractivity contribution is 5.42. The van der Waals surface area contributed by atoms with Crippen molar-refractivity contribution < 1.29 is 17.6 Å². The van der Waals surface area contributed by atoms with Gasteiger partial charge in [0, 0.05) is 25.3 Å². The molecule has 0 radical (unpaired) electrons. The summed E-state index contributed by atoms with van der Waals surface area (Å²) in [5.74, 6) is -1.55. The minimum absolute atomic E-state index is 0.0638. The first-order valence-corrected chi connectivity index (χ1v) is 6.73. The Morgan fingerprint density at radius 1 is 1.30 bits per heavy atom. The highest BCUT2D eigenvalue weighted by Crippen LogP contribution is 2.32. The molecule has 1 aromatic rings. The van der Waals surface area contributed by atoms with Crippen LogP contribution in [-0.2, 0) is 0 Å². The lowest BCUT2D eigenvalue weighted by Crippen LogP contribution is -2.43. The smallest absolute Gasteiger partial charge is 0.384 e. The number of benzene rings is 1. The van der Waals surface area contributed by atoms with Gasteiger partial charge in [-0.3, -0.25) is 0 Å². The number of rotatable bonds is 4. The molecule has 1 fully saturated rings. The van der Waals surface area contributed by atoms with Crippen molar-refractivity contribution in [1.82, 2.24) is 4.90 Å². The second-order valence-corrected chi connectivity index (χ2v) is 5.12. The molecule has 1 N–H and O–H groups in total. The number of halogens is 4. The molecule has 0 aliphatic carbocycles. The molecule has 0 saturated carbocycles. The first-order valence-electron chi connectivity index (χ1n) is 6.73. The minimum atomic E-state index is -4.10. The van der Waals surface area contributed by atoms with E-state index in [1.54, 1.807) is 12.1 Å². The molecule has 0 amide bonds. The number of nitrogens with one attached hydrogen (secondary N) is 1. The first-order chi connectivity index (χ1) is 9.45. The zero-order valence-electron chi connectivity index (χ0n) is 11.1. The number of hydrogen-bond donors (Lipinski definition) is 1. The van der Waals surface area contributed by atoms with Gasteiger partial charge in [-0.15, -0.1) is 0 Å². The first kappa shape index (κ1) is 15.1. The van der Waals surface area contributed by atoms with E-state index in [0.29, 0.717) is 31.7 Å². The van der Waals surface area contributed by atoms with E-state index in [-0.39, 0.29) is 18.8 Å². The molecule has 2 nitrogen and oxygen atoms in total. The Labute approximate surface area is 115 Å². The molecule has 6 heteroatoms. The van der Waals surface area contributed by atoms with Gasteiger partial charge in [0.15, 0.2) is 0 Å². The van der Waals surface area contributed by atoms with Crippen molar-refractivity contribution in [2.45, 2.75) is 19.0 Å². The summed E-state index contributed by atoms with van der Waals surface area (Å²) in [6.45, 7) is 1.79. The zero-order chi connectivity index (χ0) is 14.6. The number of hydrogen-bond acceptors (Lipinski definition) is 2. The SMILES string of the molecule is Fc1cccc(NCCN2CCCC(C(F)(F)F)C2)c1. The fourth-order valence-corrected chi connectivity index (χ4v) is 2.48. The summed E-state index contributed by atoms with van der Waals surface area (Å²) >= 11 is 0. The van der Waals surface area contributed by atoms with E-state index in [1.807, 2.05) is 4.90 Å². The van der Waals surface area contributed by atoms with Gasteiger partial charge in [-0.25, -0.2) is 4.39 Å². The third kappa shape index (κ3) is 4.37. The Balaban J connectivity index is 1.76. The maximum absolute atomic E-state index is 13.0. The Morgan fingerprint density at radius 3 is 2.80 bits per heavy atom. The van der Waals surface area contributed by atoms with Crippen LogP contribution in [0.4, 0.5) is 23.2 Å². The average molecular weight is 290 g/mol. The summed E-state index contributed by atoms with van der Waals surface area (Å²) in [5.41, 5.74) is 0.648. The Bertz CT molecular complexity index is 433. The maximum atomic E-state index is 13.0. The van der Waals surface area contributed by atoms with Gasteiger partial charge in [0.05, 0.1) is 5.92 Å². The van der Waals surface area contributed by atoms with Gasteiger partial charge in [0.1, 0.15) is 5.82 Å². The molecule has 1 aliphatic rings. The molecular formula is C14H18F4N2. The van der Waals surface area contributed by atoms with E-state index in [9.17, 15) is 17.6 Å². The minimum Gasteiger partial charge on any atom is -0.384 e. The van der Waals surface area contributed by atoms with Crippen molar-refractivity contribution in [3.8, 4) is 0 Å². The van der Waals surface area contributed by atoms with Crippen LogP contribution in [0.5, 0.6) is 0 Å². The van der Waals surface area contributed by atoms with E-state index in [0.717, 1.165) is 0 Å². The summed E-state index contributed by atoms with van der Waals surface area (Å²) < 4.78 is 50.9. The van der Waals surface area contributed by atoms with E-state index < -0.39 is 12.1 Å². The molecule has 0 bridgehead atoms. The van der Waals surface area contributed by atoms with Crippen molar-refractivity contribution >= 4 is 5.69 Å². The molecule has 2 rings (SSSR count). The fraction of sp³-hybridized carbons (Fsp3) is 0.571.